The summed E-state index contributed by atoms with van der Waals surface area (Å²) in [5, 5.41) is 3.77. The van der Waals surface area contributed by atoms with Gasteiger partial charge in [0.25, 0.3) is 0 Å². The van der Waals surface area contributed by atoms with Crippen molar-refractivity contribution in [1.29, 1.82) is 0 Å². The van der Waals surface area contributed by atoms with E-state index in [1.165, 1.54) is 39.0 Å². The molecule has 4 aliphatic rings. The fourth-order valence-corrected chi connectivity index (χ4v) is 4.24. The molecule has 4 aliphatic heterocycles. The Morgan fingerprint density at radius 2 is 1.74 bits per heavy atom. The summed E-state index contributed by atoms with van der Waals surface area (Å²) in [6.45, 7) is 15.9. The molecule has 19 heavy (non-hydrogen) atoms. The van der Waals surface area contributed by atoms with Crippen LogP contribution in [0.4, 0.5) is 0 Å². The van der Waals surface area contributed by atoms with Gasteiger partial charge in [0.05, 0.1) is 0 Å². The molecular formula is C16H31N3. The van der Waals surface area contributed by atoms with Crippen molar-refractivity contribution < 1.29 is 0 Å². The topological polar surface area (TPSA) is 18.5 Å². The van der Waals surface area contributed by atoms with E-state index in [0.717, 1.165) is 18.5 Å². The van der Waals surface area contributed by atoms with E-state index in [9.17, 15) is 0 Å². The second-order valence-electron chi connectivity index (χ2n) is 8.08. The zero-order chi connectivity index (χ0) is 13.6. The molecule has 2 bridgehead atoms. The van der Waals surface area contributed by atoms with Crippen molar-refractivity contribution in [3.8, 4) is 0 Å². The van der Waals surface area contributed by atoms with E-state index in [1.54, 1.807) is 0 Å². The zero-order valence-electron chi connectivity index (χ0n) is 13.2. The first-order valence-electron chi connectivity index (χ1n) is 8.16. The molecule has 110 valence electrons. The number of nitrogens with zero attached hydrogens (tertiary/aromatic N) is 2. The molecule has 0 aromatic rings. The number of piperidine rings is 3. The van der Waals surface area contributed by atoms with Crippen molar-refractivity contribution in [1.82, 2.24) is 15.1 Å². The fraction of sp³-hybridized carbons (Fsp3) is 1.00. The van der Waals surface area contributed by atoms with Gasteiger partial charge in [0.2, 0.25) is 0 Å². The highest BCUT2D eigenvalue weighted by atomic mass is 15.3. The van der Waals surface area contributed by atoms with Gasteiger partial charge in [-0.05, 0) is 44.2 Å². The molecule has 4 rings (SSSR count). The van der Waals surface area contributed by atoms with Crippen molar-refractivity contribution in [2.45, 2.75) is 58.7 Å². The van der Waals surface area contributed by atoms with Gasteiger partial charge in [-0.1, -0.05) is 20.8 Å². The number of hydrogen-bond donors (Lipinski definition) is 1. The average molecular weight is 265 g/mol. The maximum absolute atomic E-state index is 3.77. The molecule has 0 aromatic heterocycles. The fourth-order valence-electron chi connectivity index (χ4n) is 4.24. The van der Waals surface area contributed by atoms with Crippen LogP contribution in [-0.2, 0) is 0 Å². The summed E-state index contributed by atoms with van der Waals surface area (Å²) >= 11 is 0. The summed E-state index contributed by atoms with van der Waals surface area (Å²) in [4.78, 5) is 5.52. The molecule has 1 N–H and O–H groups in total. The third-order valence-corrected chi connectivity index (χ3v) is 5.71. The van der Waals surface area contributed by atoms with Crippen molar-refractivity contribution in [3.05, 3.63) is 0 Å². The summed E-state index contributed by atoms with van der Waals surface area (Å²) in [5.74, 6) is 0.964. The van der Waals surface area contributed by atoms with Crippen LogP contribution >= 0.6 is 0 Å². The largest absolute Gasteiger partial charge is 0.311 e. The van der Waals surface area contributed by atoms with Gasteiger partial charge in [0.15, 0.2) is 0 Å². The molecule has 0 saturated carbocycles. The Morgan fingerprint density at radius 3 is 2.26 bits per heavy atom. The second-order valence-corrected chi connectivity index (χ2v) is 8.08. The molecule has 3 heteroatoms. The van der Waals surface area contributed by atoms with Gasteiger partial charge in [0.1, 0.15) is 0 Å². The van der Waals surface area contributed by atoms with Gasteiger partial charge in [-0.3, -0.25) is 4.90 Å². The van der Waals surface area contributed by atoms with E-state index in [0.29, 0.717) is 17.5 Å². The van der Waals surface area contributed by atoms with Gasteiger partial charge in [-0.15, -0.1) is 0 Å². The molecule has 0 aliphatic carbocycles. The summed E-state index contributed by atoms with van der Waals surface area (Å²) in [6.07, 6.45) is 2.86. The molecule has 3 atom stereocenters. The predicted molar refractivity (Wildman–Crippen MR) is 80.4 cm³/mol. The maximum Gasteiger partial charge on any atom is 0.0256 e. The van der Waals surface area contributed by atoms with E-state index in [4.69, 9.17) is 0 Å². The predicted octanol–water partition coefficient (Wildman–Crippen LogP) is 1.79. The van der Waals surface area contributed by atoms with Crippen molar-refractivity contribution in [2.75, 3.05) is 32.7 Å². The minimum atomic E-state index is 0.367. The average Bonchev–Trinajstić information content (AvgIpc) is 2.39. The van der Waals surface area contributed by atoms with Crippen LogP contribution in [0.3, 0.4) is 0 Å². The van der Waals surface area contributed by atoms with Crippen molar-refractivity contribution in [3.63, 3.8) is 0 Å². The first kappa shape index (κ1) is 13.8. The molecular weight excluding hydrogens is 234 g/mol. The lowest BCUT2D eigenvalue weighted by Crippen LogP contribution is -2.67. The van der Waals surface area contributed by atoms with E-state index >= 15 is 0 Å². The van der Waals surface area contributed by atoms with Gasteiger partial charge in [-0.25, -0.2) is 0 Å². The molecule has 4 saturated heterocycles. The first-order valence-corrected chi connectivity index (χ1v) is 8.16. The van der Waals surface area contributed by atoms with Crippen molar-refractivity contribution >= 4 is 0 Å². The number of fused-ring (bicyclic) bond motifs is 3. The Balaban J connectivity index is 1.71. The van der Waals surface area contributed by atoms with Gasteiger partial charge >= 0.3 is 0 Å². The van der Waals surface area contributed by atoms with Gasteiger partial charge in [0, 0.05) is 37.8 Å². The Labute approximate surface area is 118 Å². The maximum atomic E-state index is 3.77. The van der Waals surface area contributed by atoms with Crippen LogP contribution in [0.2, 0.25) is 0 Å². The summed E-state index contributed by atoms with van der Waals surface area (Å²) in [6, 6.07) is 2.16. The van der Waals surface area contributed by atoms with E-state index < -0.39 is 0 Å². The smallest absolute Gasteiger partial charge is 0.0256 e. The highest BCUT2D eigenvalue weighted by molar-refractivity contribution is 4.99. The Kier molecular flexibility index (Phi) is 3.65. The summed E-state index contributed by atoms with van der Waals surface area (Å²) in [7, 11) is 0. The quantitative estimate of drug-likeness (QED) is 0.780. The SMILES string of the molecule is CC1CNC(C(C)(C)C)CN1C1CN2CCC1CC2. The molecule has 4 heterocycles. The number of hydrogen-bond acceptors (Lipinski definition) is 3. The van der Waals surface area contributed by atoms with Crippen LogP contribution in [0.5, 0.6) is 0 Å². The van der Waals surface area contributed by atoms with Crippen LogP contribution in [0.15, 0.2) is 0 Å². The number of piperazine rings is 1. The van der Waals surface area contributed by atoms with Crippen molar-refractivity contribution in [2.24, 2.45) is 11.3 Å². The molecule has 4 fully saturated rings. The van der Waals surface area contributed by atoms with E-state index in [-0.39, 0.29) is 0 Å². The van der Waals surface area contributed by atoms with Crippen LogP contribution in [-0.4, -0.2) is 60.6 Å². The Bertz CT molecular complexity index is 314. The summed E-state index contributed by atoms with van der Waals surface area (Å²) in [5.41, 5.74) is 0.367. The molecule has 0 amide bonds. The third-order valence-electron chi connectivity index (χ3n) is 5.71. The lowest BCUT2D eigenvalue weighted by molar-refractivity contribution is -0.0356. The zero-order valence-corrected chi connectivity index (χ0v) is 13.2. The molecule has 0 spiro atoms. The van der Waals surface area contributed by atoms with Crippen LogP contribution < -0.4 is 5.32 Å². The van der Waals surface area contributed by atoms with Gasteiger partial charge in [-0.2, -0.15) is 0 Å². The van der Waals surface area contributed by atoms with E-state index in [2.05, 4.69) is 42.8 Å². The third kappa shape index (κ3) is 2.70. The number of rotatable bonds is 1. The van der Waals surface area contributed by atoms with E-state index in [1.807, 2.05) is 0 Å². The Morgan fingerprint density at radius 1 is 1.05 bits per heavy atom. The molecule has 0 aromatic carbocycles. The Hall–Kier alpha value is -0.120. The van der Waals surface area contributed by atoms with Crippen LogP contribution in [0.1, 0.15) is 40.5 Å². The first-order chi connectivity index (χ1) is 8.95. The minimum Gasteiger partial charge on any atom is -0.311 e. The molecule has 3 nitrogen and oxygen atoms in total. The highest BCUT2D eigenvalue weighted by Crippen LogP contribution is 2.34. The van der Waals surface area contributed by atoms with Crippen LogP contribution in [0, 0.1) is 11.3 Å². The highest BCUT2D eigenvalue weighted by Gasteiger charge is 2.42. The van der Waals surface area contributed by atoms with Gasteiger partial charge < -0.3 is 10.2 Å². The van der Waals surface area contributed by atoms with Crippen LogP contribution in [0.25, 0.3) is 0 Å². The second kappa shape index (κ2) is 5.01. The minimum absolute atomic E-state index is 0.367. The standard InChI is InChI=1S/C16H31N3/c1-12-9-17-15(16(2,3)4)11-19(12)14-10-18-7-5-13(14)6-8-18/h12-15,17H,5-11H2,1-4H3. The normalized spacial score (nSPS) is 44.5. The molecule has 0 radical (unpaired) electrons. The summed E-state index contributed by atoms with van der Waals surface area (Å²) < 4.78 is 0. The molecule has 3 unspecified atom stereocenters. The lowest BCUT2D eigenvalue weighted by Gasteiger charge is -2.54. The lowest BCUT2D eigenvalue weighted by atomic mass is 9.80. The monoisotopic (exact) mass is 265 g/mol. The number of nitrogens with one attached hydrogen (secondary N) is 1.